The van der Waals surface area contributed by atoms with E-state index in [4.69, 9.17) is 13.9 Å². The highest BCUT2D eigenvalue weighted by Gasteiger charge is 2.16. The Labute approximate surface area is 187 Å². The number of ether oxygens (including phenoxy) is 3. The molecule has 0 aliphatic rings. The Balaban J connectivity index is 1.60. The van der Waals surface area contributed by atoms with Crippen molar-refractivity contribution in [1.29, 1.82) is 0 Å². The molecule has 0 amide bonds. The van der Waals surface area contributed by atoms with Crippen LogP contribution in [-0.2, 0) is 16.0 Å². The van der Waals surface area contributed by atoms with Crippen LogP contribution >= 0.6 is 0 Å². The molecule has 33 heavy (non-hydrogen) atoms. The number of carbonyl (C=O) groups is 2. The first-order valence-electron chi connectivity index (χ1n) is 9.94. The molecule has 8 nitrogen and oxygen atoms in total. The van der Waals surface area contributed by atoms with E-state index in [1.54, 1.807) is 24.3 Å². The molecule has 0 radical (unpaired) electrons. The molecule has 1 N–H and O–H groups in total. The van der Waals surface area contributed by atoms with Gasteiger partial charge in [0, 0.05) is 25.3 Å². The van der Waals surface area contributed by atoms with Crippen molar-refractivity contribution in [3.63, 3.8) is 0 Å². The Bertz CT molecular complexity index is 1110. The van der Waals surface area contributed by atoms with Crippen LogP contribution in [-0.4, -0.2) is 41.7 Å². The fourth-order valence-corrected chi connectivity index (χ4v) is 2.94. The zero-order valence-electron chi connectivity index (χ0n) is 17.6. The molecule has 10 heteroatoms. The van der Waals surface area contributed by atoms with Crippen molar-refractivity contribution in [2.24, 2.45) is 0 Å². The Hall–Kier alpha value is -3.95. The van der Waals surface area contributed by atoms with Crippen LogP contribution < -0.4 is 9.47 Å². The van der Waals surface area contributed by atoms with Gasteiger partial charge in [-0.1, -0.05) is 12.1 Å². The van der Waals surface area contributed by atoms with E-state index in [-0.39, 0.29) is 43.5 Å². The van der Waals surface area contributed by atoms with Crippen LogP contribution in [0.5, 0.6) is 17.2 Å². The smallest absolute Gasteiger partial charge is 0.387 e. The van der Waals surface area contributed by atoms with Crippen LogP contribution in [0.2, 0.25) is 0 Å². The maximum Gasteiger partial charge on any atom is 0.387 e. The molecule has 1 heterocycles. The van der Waals surface area contributed by atoms with Gasteiger partial charge in [0.15, 0.2) is 17.3 Å². The minimum absolute atomic E-state index is 0.0738. The number of oxazole rings is 1. The summed E-state index contributed by atoms with van der Waals surface area (Å²) >= 11 is 0. The number of aromatic hydroxyl groups is 1. The van der Waals surface area contributed by atoms with Crippen LogP contribution in [0.1, 0.15) is 29.4 Å². The number of alkyl halides is 2. The summed E-state index contributed by atoms with van der Waals surface area (Å²) in [6.07, 6.45) is 1.79. The molecule has 0 bridgehead atoms. The van der Waals surface area contributed by atoms with Crippen molar-refractivity contribution in [2.75, 3.05) is 13.2 Å². The number of esters is 1. The van der Waals surface area contributed by atoms with E-state index < -0.39 is 18.3 Å². The number of carbonyl (C=O) groups excluding carboxylic acids is 2. The first-order valence-corrected chi connectivity index (χ1v) is 9.94. The van der Waals surface area contributed by atoms with Crippen LogP contribution in [0.25, 0.3) is 11.5 Å². The monoisotopic (exact) mass is 461 g/mol. The number of para-hydroxylation sites is 1. The molecule has 174 valence electrons. The average molecular weight is 461 g/mol. The third-order valence-corrected chi connectivity index (χ3v) is 4.42. The number of benzene rings is 2. The maximum atomic E-state index is 12.7. The summed E-state index contributed by atoms with van der Waals surface area (Å²) in [6.45, 7) is -1.57. The van der Waals surface area contributed by atoms with Crippen LogP contribution in [0.4, 0.5) is 8.78 Å². The molecule has 0 atom stereocenters. The third-order valence-electron chi connectivity index (χ3n) is 4.42. The highest BCUT2D eigenvalue weighted by Crippen LogP contribution is 2.32. The fourth-order valence-electron chi connectivity index (χ4n) is 2.94. The molecule has 3 rings (SSSR count). The Morgan fingerprint density at radius 2 is 1.91 bits per heavy atom. The second kappa shape index (κ2) is 11.1. The summed E-state index contributed by atoms with van der Waals surface area (Å²) in [5.41, 5.74) is 1.25. The summed E-state index contributed by atoms with van der Waals surface area (Å²) < 4.78 is 44.6. The summed E-state index contributed by atoms with van der Waals surface area (Å²) in [5, 5.41) is 9.83. The van der Waals surface area contributed by atoms with Crippen molar-refractivity contribution in [2.45, 2.75) is 26.4 Å². The van der Waals surface area contributed by atoms with Gasteiger partial charge in [0.1, 0.15) is 25.2 Å². The minimum Gasteiger partial charge on any atom is -0.504 e. The van der Waals surface area contributed by atoms with Crippen molar-refractivity contribution in [3.05, 3.63) is 60.0 Å². The number of nitrogens with zero attached hydrogens (tertiary/aromatic N) is 1. The van der Waals surface area contributed by atoms with Gasteiger partial charge in [-0.2, -0.15) is 8.78 Å². The quantitative estimate of drug-likeness (QED) is 0.254. The predicted octanol–water partition coefficient (Wildman–Crippen LogP) is 4.41. The highest BCUT2D eigenvalue weighted by atomic mass is 19.3. The Morgan fingerprint density at radius 1 is 1.12 bits per heavy atom. The van der Waals surface area contributed by atoms with Gasteiger partial charge in [0.05, 0.1) is 11.3 Å². The lowest BCUT2D eigenvalue weighted by atomic mass is 10.0. The van der Waals surface area contributed by atoms with Gasteiger partial charge in [-0.3, -0.25) is 9.59 Å². The number of hydrogen-bond donors (Lipinski definition) is 1. The standard InChI is InChI=1S/C23H21F2NO7/c1-14(27)30-10-11-31-20-5-3-2-4-17(20)18(28)8-7-16-13-32-22(26-16)15-6-9-21(19(29)12-15)33-23(24)25/h2-6,9,12-13,23,29H,7-8,10-11H2,1H3. The van der Waals surface area contributed by atoms with Crippen LogP contribution in [0, 0.1) is 0 Å². The fraction of sp³-hybridized carbons (Fsp3) is 0.261. The molecule has 0 aliphatic heterocycles. The molecule has 1 aromatic heterocycles. The lowest BCUT2D eigenvalue weighted by molar-refractivity contribution is -0.141. The number of aryl methyl sites for hydroxylation is 1. The average Bonchev–Trinajstić information content (AvgIpc) is 3.25. The van der Waals surface area contributed by atoms with Crippen molar-refractivity contribution >= 4 is 11.8 Å². The molecular weight excluding hydrogens is 440 g/mol. The van der Waals surface area contributed by atoms with E-state index in [1.165, 1.54) is 31.4 Å². The van der Waals surface area contributed by atoms with E-state index in [9.17, 15) is 23.5 Å². The van der Waals surface area contributed by atoms with E-state index in [0.717, 1.165) is 0 Å². The molecule has 0 saturated heterocycles. The first-order chi connectivity index (χ1) is 15.8. The summed E-state index contributed by atoms with van der Waals surface area (Å²) in [5.74, 6) is -0.882. The highest BCUT2D eigenvalue weighted by molar-refractivity contribution is 5.98. The molecule has 3 aromatic rings. The number of halogens is 2. The molecule has 0 spiro atoms. The van der Waals surface area contributed by atoms with Crippen molar-refractivity contribution < 1.29 is 42.1 Å². The molecule has 0 aliphatic carbocycles. The lowest BCUT2D eigenvalue weighted by Crippen LogP contribution is -2.12. The number of Topliss-reactive ketones (excluding diaryl/α,β-unsaturated/α-hetero) is 1. The van der Waals surface area contributed by atoms with Gasteiger partial charge in [-0.05, 0) is 30.3 Å². The normalized spacial score (nSPS) is 10.8. The topological polar surface area (TPSA) is 108 Å². The van der Waals surface area contributed by atoms with E-state index >= 15 is 0 Å². The second-order valence-electron chi connectivity index (χ2n) is 6.81. The zero-order valence-corrected chi connectivity index (χ0v) is 17.6. The van der Waals surface area contributed by atoms with Gasteiger partial charge >= 0.3 is 12.6 Å². The van der Waals surface area contributed by atoms with E-state index in [1.807, 2.05) is 0 Å². The van der Waals surface area contributed by atoms with Gasteiger partial charge in [0.2, 0.25) is 5.89 Å². The van der Waals surface area contributed by atoms with Crippen molar-refractivity contribution in [3.8, 4) is 28.7 Å². The number of phenols is 1. The number of phenolic OH excluding ortho intramolecular Hbond substituents is 1. The number of hydrogen-bond acceptors (Lipinski definition) is 8. The summed E-state index contributed by atoms with van der Waals surface area (Å²) in [4.78, 5) is 27.8. The van der Waals surface area contributed by atoms with Gasteiger partial charge < -0.3 is 23.7 Å². The van der Waals surface area contributed by atoms with Gasteiger partial charge in [-0.15, -0.1) is 0 Å². The van der Waals surface area contributed by atoms with Crippen LogP contribution in [0.15, 0.2) is 53.1 Å². The molecule has 0 fully saturated rings. The minimum atomic E-state index is -3.06. The molecule has 2 aromatic carbocycles. The number of aromatic nitrogens is 1. The predicted molar refractivity (Wildman–Crippen MR) is 111 cm³/mol. The lowest BCUT2D eigenvalue weighted by Gasteiger charge is -2.10. The molecule has 0 unspecified atom stereocenters. The maximum absolute atomic E-state index is 12.7. The number of ketones is 1. The Kier molecular flexibility index (Phi) is 7.96. The SMILES string of the molecule is CC(=O)OCCOc1ccccc1C(=O)CCc1coc(-c2ccc(OC(F)F)c(O)c2)n1. The Morgan fingerprint density at radius 3 is 2.64 bits per heavy atom. The van der Waals surface area contributed by atoms with Crippen molar-refractivity contribution in [1.82, 2.24) is 4.98 Å². The zero-order chi connectivity index (χ0) is 23.8. The molecular formula is C23H21F2NO7. The van der Waals surface area contributed by atoms with E-state index in [2.05, 4.69) is 9.72 Å². The first kappa shape index (κ1) is 23.7. The van der Waals surface area contributed by atoms with E-state index in [0.29, 0.717) is 22.6 Å². The second-order valence-corrected chi connectivity index (χ2v) is 6.81. The molecule has 0 saturated carbocycles. The largest absolute Gasteiger partial charge is 0.504 e. The summed E-state index contributed by atoms with van der Waals surface area (Å²) in [7, 11) is 0. The van der Waals surface area contributed by atoms with Gasteiger partial charge in [-0.25, -0.2) is 4.98 Å². The number of rotatable bonds is 11. The summed E-state index contributed by atoms with van der Waals surface area (Å²) in [6, 6.07) is 10.5. The van der Waals surface area contributed by atoms with Gasteiger partial charge in [0.25, 0.3) is 0 Å². The van der Waals surface area contributed by atoms with Crippen LogP contribution in [0.3, 0.4) is 0 Å². The third kappa shape index (κ3) is 6.76.